The van der Waals surface area contributed by atoms with Gasteiger partial charge >= 0.3 is 11.1 Å². The number of aliphatic hydroxyl groups is 1. The van der Waals surface area contributed by atoms with E-state index in [0.717, 1.165) is 6.42 Å². The monoisotopic (exact) mass is 276 g/mol. The third kappa shape index (κ3) is 2.17. The number of benzene rings is 1. The molecule has 1 saturated heterocycles. The Hall–Kier alpha value is -1.92. The molecule has 2 aromatic rings. The molecule has 20 heavy (non-hydrogen) atoms. The Morgan fingerprint density at radius 3 is 2.60 bits per heavy atom. The van der Waals surface area contributed by atoms with Gasteiger partial charge in [0.15, 0.2) is 0 Å². The van der Waals surface area contributed by atoms with Gasteiger partial charge in [-0.3, -0.25) is 9.59 Å². The average molecular weight is 276 g/mol. The number of hydrogen-bond acceptors (Lipinski definition) is 4. The minimum absolute atomic E-state index is 0.00956. The van der Waals surface area contributed by atoms with Crippen LogP contribution in [0.25, 0.3) is 11.0 Å². The van der Waals surface area contributed by atoms with Crippen LogP contribution in [0, 0.1) is 5.92 Å². The Bertz CT molecular complexity index is 749. The SMILES string of the molecule is CC1OCCC1C(O)c1ccc2[nH]c(=O)c(=O)[nH]c2c1. The summed E-state index contributed by atoms with van der Waals surface area (Å²) in [6.45, 7) is 2.60. The molecule has 0 amide bonds. The van der Waals surface area contributed by atoms with Crippen LogP contribution < -0.4 is 11.1 Å². The van der Waals surface area contributed by atoms with Crippen LogP contribution in [0.2, 0.25) is 0 Å². The first kappa shape index (κ1) is 13.1. The molecular formula is C14H16N2O4. The largest absolute Gasteiger partial charge is 0.388 e. The fourth-order valence-corrected chi connectivity index (χ4v) is 2.73. The number of hydrogen-bond donors (Lipinski definition) is 3. The molecular weight excluding hydrogens is 260 g/mol. The summed E-state index contributed by atoms with van der Waals surface area (Å²) in [6.07, 6.45) is 0.172. The molecule has 3 N–H and O–H groups in total. The van der Waals surface area contributed by atoms with Gasteiger partial charge in [-0.2, -0.15) is 0 Å². The first-order valence-corrected chi connectivity index (χ1v) is 6.62. The van der Waals surface area contributed by atoms with Crippen molar-refractivity contribution in [2.75, 3.05) is 6.61 Å². The smallest absolute Gasteiger partial charge is 0.314 e. The Morgan fingerprint density at radius 2 is 1.95 bits per heavy atom. The third-order valence-electron chi connectivity index (χ3n) is 3.93. The molecule has 0 radical (unpaired) electrons. The van der Waals surface area contributed by atoms with Gasteiger partial charge in [-0.05, 0) is 31.0 Å². The quantitative estimate of drug-likeness (QED) is 0.703. The summed E-state index contributed by atoms with van der Waals surface area (Å²) < 4.78 is 5.47. The summed E-state index contributed by atoms with van der Waals surface area (Å²) in [6, 6.07) is 5.14. The van der Waals surface area contributed by atoms with Gasteiger partial charge < -0.3 is 19.8 Å². The molecule has 106 valence electrons. The van der Waals surface area contributed by atoms with Gasteiger partial charge in [0.25, 0.3) is 0 Å². The zero-order chi connectivity index (χ0) is 14.3. The van der Waals surface area contributed by atoms with Crippen molar-refractivity contribution in [1.29, 1.82) is 0 Å². The predicted octanol–water partition coefficient (Wildman–Crippen LogP) is 0.675. The fraction of sp³-hybridized carbons (Fsp3) is 0.429. The van der Waals surface area contributed by atoms with Crippen LogP contribution in [0.4, 0.5) is 0 Å². The summed E-state index contributed by atoms with van der Waals surface area (Å²) in [5.74, 6) is 0.0435. The van der Waals surface area contributed by atoms with Crippen LogP contribution in [-0.4, -0.2) is 27.8 Å². The van der Waals surface area contributed by atoms with Gasteiger partial charge in [0, 0.05) is 12.5 Å². The van der Waals surface area contributed by atoms with Crippen LogP contribution in [0.3, 0.4) is 0 Å². The van der Waals surface area contributed by atoms with Crippen LogP contribution in [-0.2, 0) is 4.74 Å². The Morgan fingerprint density at radius 1 is 1.25 bits per heavy atom. The summed E-state index contributed by atoms with van der Waals surface area (Å²) in [7, 11) is 0. The summed E-state index contributed by atoms with van der Waals surface area (Å²) in [4.78, 5) is 27.6. The Labute approximate surface area is 114 Å². The minimum Gasteiger partial charge on any atom is -0.388 e. The van der Waals surface area contributed by atoms with E-state index in [9.17, 15) is 14.7 Å². The molecule has 3 atom stereocenters. The lowest BCUT2D eigenvalue weighted by atomic mass is 9.90. The lowest BCUT2D eigenvalue weighted by Gasteiger charge is -2.21. The van der Waals surface area contributed by atoms with Crippen molar-refractivity contribution in [1.82, 2.24) is 9.97 Å². The number of aliphatic hydroxyl groups excluding tert-OH is 1. The van der Waals surface area contributed by atoms with Crippen molar-refractivity contribution in [3.63, 3.8) is 0 Å². The number of fused-ring (bicyclic) bond motifs is 1. The van der Waals surface area contributed by atoms with Crippen LogP contribution in [0.15, 0.2) is 27.8 Å². The molecule has 0 bridgehead atoms. The van der Waals surface area contributed by atoms with Gasteiger partial charge in [-0.15, -0.1) is 0 Å². The van der Waals surface area contributed by atoms with E-state index < -0.39 is 17.2 Å². The van der Waals surface area contributed by atoms with E-state index in [1.54, 1.807) is 18.2 Å². The zero-order valence-electron chi connectivity index (χ0n) is 11.1. The van der Waals surface area contributed by atoms with Crippen molar-refractivity contribution in [3.05, 3.63) is 44.5 Å². The highest BCUT2D eigenvalue weighted by atomic mass is 16.5. The minimum atomic E-state index is -0.693. The van der Waals surface area contributed by atoms with Crippen LogP contribution in [0.1, 0.15) is 25.0 Å². The van der Waals surface area contributed by atoms with E-state index in [0.29, 0.717) is 23.2 Å². The maximum absolute atomic E-state index is 11.3. The van der Waals surface area contributed by atoms with Gasteiger partial charge in [-0.25, -0.2) is 0 Å². The molecule has 0 saturated carbocycles. The number of aromatic nitrogens is 2. The van der Waals surface area contributed by atoms with Crippen molar-refractivity contribution in [2.45, 2.75) is 25.6 Å². The van der Waals surface area contributed by atoms with Crippen LogP contribution >= 0.6 is 0 Å². The summed E-state index contributed by atoms with van der Waals surface area (Å²) in [5.41, 5.74) is 0.395. The standard InChI is InChI=1S/C14H16N2O4/c1-7-9(4-5-20-7)12(17)8-2-3-10-11(6-8)16-14(19)13(18)15-10/h2-3,6-7,9,12,17H,4-5H2,1H3,(H,15,18)(H,16,19). The second-order valence-electron chi connectivity index (χ2n) is 5.19. The van der Waals surface area contributed by atoms with Crippen molar-refractivity contribution in [2.24, 2.45) is 5.92 Å². The topological polar surface area (TPSA) is 95.2 Å². The highest BCUT2D eigenvalue weighted by Gasteiger charge is 2.31. The van der Waals surface area contributed by atoms with Crippen molar-refractivity contribution >= 4 is 11.0 Å². The predicted molar refractivity (Wildman–Crippen MR) is 73.7 cm³/mol. The third-order valence-corrected chi connectivity index (χ3v) is 3.93. The second-order valence-corrected chi connectivity index (χ2v) is 5.19. The number of rotatable bonds is 2. The maximum atomic E-state index is 11.3. The second kappa shape index (κ2) is 4.88. The van der Waals surface area contributed by atoms with Crippen molar-refractivity contribution < 1.29 is 9.84 Å². The molecule has 6 heteroatoms. The number of H-pyrrole nitrogens is 2. The van der Waals surface area contributed by atoms with E-state index in [1.807, 2.05) is 6.92 Å². The summed E-state index contributed by atoms with van der Waals surface area (Å²) in [5, 5.41) is 10.4. The molecule has 3 rings (SSSR count). The van der Waals surface area contributed by atoms with Gasteiger partial charge in [0.05, 0.1) is 23.2 Å². The first-order valence-electron chi connectivity index (χ1n) is 6.62. The molecule has 6 nitrogen and oxygen atoms in total. The first-order chi connectivity index (χ1) is 9.56. The zero-order valence-corrected chi connectivity index (χ0v) is 11.1. The van der Waals surface area contributed by atoms with Crippen LogP contribution in [0.5, 0.6) is 0 Å². The number of aromatic amines is 2. The number of nitrogens with one attached hydrogen (secondary N) is 2. The van der Waals surface area contributed by atoms with E-state index >= 15 is 0 Å². The fourth-order valence-electron chi connectivity index (χ4n) is 2.73. The molecule has 0 aliphatic carbocycles. The van der Waals surface area contributed by atoms with E-state index in [-0.39, 0.29) is 12.0 Å². The number of ether oxygens (including phenoxy) is 1. The van der Waals surface area contributed by atoms with E-state index in [1.165, 1.54) is 0 Å². The van der Waals surface area contributed by atoms with E-state index in [2.05, 4.69) is 9.97 Å². The average Bonchev–Trinajstić information content (AvgIpc) is 2.85. The maximum Gasteiger partial charge on any atom is 0.314 e. The highest BCUT2D eigenvalue weighted by molar-refractivity contribution is 5.74. The molecule has 2 heterocycles. The molecule has 1 aromatic heterocycles. The Balaban J connectivity index is 2.02. The summed E-state index contributed by atoms with van der Waals surface area (Å²) >= 11 is 0. The molecule has 3 unspecified atom stereocenters. The van der Waals surface area contributed by atoms with Gasteiger partial charge in [0.2, 0.25) is 0 Å². The lowest BCUT2D eigenvalue weighted by Crippen LogP contribution is -2.29. The normalized spacial score (nSPS) is 24.1. The molecule has 1 fully saturated rings. The Kier molecular flexibility index (Phi) is 3.19. The van der Waals surface area contributed by atoms with E-state index in [4.69, 9.17) is 4.74 Å². The lowest BCUT2D eigenvalue weighted by molar-refractivity contribution is 0.0432. The van der Waals surface area contributed by atoms with Crippen molar-refractivity contribution in [3.8, 4) is 0 Å². The highest BCUT2D eigenvalue weighted by Crippen LogP contribution is 2.33. The van der Waals surface area contributed by atoms with Gasteiger partial charge in [0.1, 0.15) is 0 Å². The molecule has 1 aliphatic heterocycles. The van der Waals surface area contributed by atoms with Gasteiger partial charge in [-0.1, -0.05) is 6.07 Å². The molecule has 1 aliphatic rings. The molecule has 0 spiro atoms. The molecule has 1 aromatic carbocycles.